The first kappa shape index (κ1) is 15.8. The minimum absolute atomic E-state index is 0.0489. The van der Waals surface area contributed by atoms with Crippen LogP contribution >= 0.6 is 27.5 Å². The zero-order chi connectivity index (χ0) is 15.4. The van der Waals surface area contributed by atoms with Gasteiger partial charge in [0.2, 0.25) is 5.95 Å². The Morgan fingerprint density at radius 2 is 1.90 bits per heavy atom. The van der Waals surface area contributed by atoms with Crippen molar-refractivity contribution in [1.82, 2.24) is 15.0 Å². The topological polar surface area (TPSA) is 69.2 Å². The van der Waals surface area contributed by atoms with Gasteiger partial charge >= 0.3 is 12.0 Å². The van der Waals surface area contributed by atoms with Crippen LogP contribution in [0.3, 0.4) is 0 Å². The van der Waals surface area contributed by atoms with Crippen molar-refractivity contribution in [1.29, 1.82) is 0 Å². The molecular weight excluding hydrogens is 360 g/mol. The molecule has 0 saturated heterocycles. The third kappa shape index (κ3) is 4.44. The summed E-state index contributed by atoms with van der Waals surface area (Å²) in [5.41, 5.74) is 0. The van der Waals surface area contributed by atoms with Gasteiger partial charge in [-0.3, -0.25) is 0 Å². The quantitative estimate of drug-likeness (QED) is 0.857. The third-order valence-electron chi connectivity index (χ3n) is 2.25. The molecule has 6 nitrogen and oxygen atoms in total. The molecule has 1 N–H and O–H groups in total. The molecule has 1 aromatic carbocycles. The summed E-state index contributed by atoms with van der Waals surface area (Å²) >= 11 is 9.26. The van der Waals surface area contributed by atoms with Crippen molar-refractivity contribution < 1.29 is 9.47 Å². The Morgan fingerprint density at radius 1 is 1.19 bits per heavy atom. The number of nitrogens with zero attached hydrogens (tertiary/aromatic N) is 3. The molecule has 112 valence electrons. The van der Waals surface area contributed by atoms with Crippen LogP contribution in [0.4, 0.5) is 5.95 Å². The lowest BCUT2D eigenvalue weighted by Crippen LogP contribution is -2.11. The lowest BCUT2D eigenvalue weighted by molar-refractivity contribution is 0.218. The van der Waals surface area contributed by atoms with Crippen molar-refractivity contribution in [3.8, 4) is 17.8 Å². The molecule has 0 unspecified atom stereocenters. The van der Waals surface area contributed by atoms with E-state index in [0.717, 1.165) is 0 Å². The summed E-state index contributed by atoms with van der Waals surface area (Å²) in [5.74, 6) is 0.906. The first-order valence-electron chi connectivity index (χ1n) is 6.21. The van der Waals surface area contributed by atoms with Crippen LogP contribution in [0.5, 0.6) is 17.8 Å². The molecule has 0 spiro atoms. The molecule has 0 bridgehead atoms. The number of hydrogen-bond donors (Lipinski definition) is 1. The molecule has 21 heavy (non-hydrogen) atoms. The smallest absolute Gasteiger partial charge is 0.330 e. The van der Waals surface area contributed by atoms with Gasteiger partial charge in [0.15, 0.2) is 0 Å². The Bertz CT molecular complexity index is 640. The molecule has 2 aromatic rings. The maximum atomic E-state index is 5.89. The zero-order valence-electron chi connectivity index (χ0n) is 11.7. The highest BCUT2D eigenvalue weighted by atomic mass is 79.9. The highest BCUT2D eigenvalue weighted by Gasteiger charge is 2.11. The van der Waals surface area contributed by atoms with Gasteiger partial charge in [-0.25, -0.2) is 0 Å². The van der Waals surface area contributed by atoms with Crippen LogP contribution in [-0.4, -0.2) is 28.1 Å². The summed E-state index contributed by atoms with van der Waals surface area (Å²) in [4.78, 5) is 12.4. The third-order valence-corrected chi connectivity index (χ3v) is 3.11. The minimum Gasteiger partial charge on any atom is -0.461 e. The van der Waals surface area contributed by atoms with E-state index in [2.05, 4.69) is 36.2 Å². The van der Waals surface area contributed by atoms with Crippen LogP contribution in [0.1, 0.15) is 13.8 Å². The fourth-order valence-corrected chi connectivity index (χ4v) is 2.18. The molecule has 0 aliphatic heterocycles. The Balaban J connectivity index is 2.29. The van der Waals surface area contributed by atoms with Crippen LogP contribution in [0.15, 0.2) is 22.7 Å². The zero-order valence-corrected chi connectivity index (χ0v) is 14.1. The Labute approximate surface area is 136 Å². The molecule has 0 aliphatic carbocycles. The first-order valence-corrected chi connectivity index (χ1v) is 7.38. The van der Waals surface area contributed by atoms with Crippen LogP contribution in [0.25, 0.3) is 0 Å². The molecule has 0 amide bonds. The van der Waals surface area contributed by atoms with E-state index in [0.29, 0.717) is 21.2 Å². The van der Waals surface area contributed by atoms with E-state index in [-0.39, 0.29) is 18.1 Å². The van der Waals surface area contributed by atoms with Crippen LogP contribution in [-0.2, 0) is 0 Å². The van der Waals surface area contributed by atoms with Crippen molar-refractivity contribution in [2.45, 2.75) is 20.0 Å². The van der Waals surface area contributed by atoms with Gasteiger partial charge in [-0.1, -0.05) is 11.6 Å². The Kier molecular flexibility index (Phi) is 5.19. The number of hydrogen-bond acceptors (Lipinski definition) is 6. The normalized spacial score (nSPS) is 10.6. The summed E-state index contributed by atoms with van der Waals surface area (Å²) in [5, 5.41) is 3.44. The Hall–Kier alpha value is -1.60. The molecule has 8 heteroatoms. The van der Waals surface area contributed by atoms with Crippen molar-refractivity contribution >= 4 is 33.5 Å². The summed E-state index contributed by atoms with van der Waals surface area (Å²) in [6.45, 7) is 3.78. The van der Waals surface area contributed by atoms with Gasteiger partial charge in [0, 0.05) is 12.1 Å². The standard InChI is InChI=1S/C13H14BrClN4O2/c1-7(2)20-12-17-11(16-3)18-13(19-12)21-10-5-4-8(15)6-9(10)14/h4-7H,1-3H3,(H,16,17,18,19). The van der Waals surface area contributed by atoms with Crippen molar-refractivity contribution in [3.63, 3.8) is 0 Å². The second-order valence-corrected chi connectivity index (χ2v) is 5.61. The molecule has 1 heterocycles. The first-order chi connectivity index (χ1) is 9.97. The van der Waals surface area contributed by atoms with Gasteiger partial charge in [0.05, 0.1) is 10.6 Å². The summed E-state index contributed by atoms with van der Waals surface area (Å²) in [6, 6.07) is 5.49. The van der Waals surface area contributed by atoms with Gasteiger partial charge in [0.1, 0.15) is 5.75 Å². The van der Waals surface area contributed by atoms with Gasteiger partial charge in [-0.05, 0) is 48.0 Å². The highest BCUT2D eigenvalue weighted by Crippen LogP contribution is 2.31. The fraction of sp³-hybridized carbons (Fsp3) is 0.308. The van der Waals surface area contributed by atoms with Crippen molar-refractivity contribution in [2.75, 3.05) is 12.4 Å². The van der Waals surface area contributed by atoms with Crippen molar-refractivity contribution in [2.24, 2.45) is 0 Å². The molecular formula is C13H14BrClN4O2. The van der Waals surface area contributed by atoms with E-state index < -0.39 is 0 Å². The number of anilines is 1. The van der Waals surface area contributed by atoms with Crippen molar-refractivity contribution in [3.05, 3.63) is 27.7 Å². The van der Waals surface area contributed by atoms with Crippen LogP contribution < -0.4 is 14.8 Å². The van der Waals surface area contributed by atoms with E-state index in [9.17, 15) is 0 Å². The van der Waals surface area contributed by atoms with Gasteiger partial charge in [-0.15, -0.1) is 4.98 Å². The van der Waals surface area contributed by atoms with Gasteiger partial charge in [0.25, 0.3) is 0 Å². The Morgan fingerprint density at radius 3 is 2.52 bits per heavy atom. The number of halogens is 2. The number of rotatable bonds is 5. The van der Waals surface area contributed by atoms with E-state index in [1.807, 2.05) is 13.8 Å². The summed E-state index contributed by atoms with van der Waals surface area (Å²) < 4.78 is 11.8. The highest BCUT2D eigenvalue weighted by molar-refractivity contribution is 9.10. The van der Waals surface area contributed by atoms with Crippen LogP contribution in [0, 0.1) is 0 Å². The predicted octanol–water partition coefficient (Wildman–Crippen LogP) is 3.91. The molecule has 2 rings (SSSR count). The number of ether oxygens (including phenoxy) is 2. The van der Waals surface area contributed by atoms with E-state index in [4.69, 9.17) is 21.1 Å². The summed E-state index contributed by atoms with van der Waals surface area (Å²) in [6.07, 6.45) is -0.0489. The van der Waals surface area contributed by atoms with E-state index in [1.165, 1.54) is 0 Å². The average Bonchev–Trinajstić information content (AvgIpc) is 2.41. The number of aromatic nitrogens is 3. The number of benzene rings is 1. The van der Waals surface area contributed by atoms with E-state index in [1.54, 1.807) is 25.2 Å². The van der Waals surface area contributed by atoms with Crippen LogP contribution in [0.2, 0.25) is 5.02 Å². The lowest BCUT2D eigenvalue weighted by Gasteiger charge is -2.11. The van der Waals surface area contributed by atoms with E-state index >= 15 is 0 Å². The molecule has 0 saturated carbocycles. The fourth-order valence-electron chi connectivity index (χ4n) is 1.42. The van der Waals surface area contributed by atoms with Gasteiger partial charge in [-0.2, -0.15) is 9.97 Å². The molecule has 1 aromatic heterocycles. The SMILES string of the molecule is CNc1nc(Oc2ccc(Cl)cc2Br)nc(OC(C)C)n1. The maximum Gasteiger partial charge on any atom is 0.330 e. The second-order valence-electron chi connectivity index (χ2n) is 4.32. The molecule has 0 aliphatic rings. The average molecular weight is 374 g/mol. The lowest BCUT2D eigenvalue weighted by atomic mass is 10.3. The monoisotopic (exact) mass is 372 g/mol. The molecule has 0 atom stereocenters. The summed E-state index contributed by atoms with van der Waals surface area (Å²) in [7, 11) is 1.70. The minimum atomic E-state index is -0.0489. The maximum absolute atomic E-state index is 5.89. The second kappa shape index (κ2) is 6.91. The predicted molar refractivity (Wildman–Crippen MR) is 84.4 cm³/mol. The van der Waals surface area contributed by atoms with Gasteiger partial charge < -0.3 is 14.8 Å². The molecule has 0 fully saturated rings. The molecule has 0 radical (unpaired) electrons. The number of nitrogens with one attached hydrogen (secondary N) is 1. The largest absolute Gasteiger partial charge is 0.461 e.